The van der Waals surface area contributed by atoms with Gasteiger partial charge in [-0.25, -0.2) is 0 Å². The molecule has 0 radical (unpaired) electrons. The van der Waals surface area contributed by atoms with Crippen LogP contribution in [0.4, 0.5) is 0 Å². The molecule has 1 rings (SSSR count). The quantitative estimate of drug-likeness (QED) is 0.770. The molecular weight excluding hydrogens is 196 g/mol. The molecule has 0 unspecified atom stereocenters. The fourth-order valence-electron chi connectivity index (χ4n) is 2.35. The van der Waals surface area contributed by atoms with E-state index in [-0.39, 0.29) is 10.2 Å². The van der Waals surface area contributed by atoms with Crippen molar-refractivity contribution in [1.29, 1.82) is 0 Å². The Hall–Kier alpha value is -0.180. The van der Waals surface area contributed by atoms with E-state index in [1.165, 1.54) is 0 Å². The zero-order chi connectivity index (χ0) is 11.2. The molecule has 0 aromatic carbocycles. The molecule has 1 N–H and O–H groups in total. The highest BCUT2D eigenvalue weighted by molar-refractivity contribution is 8.02. The molecule has 0 bridgehead atoms. The van der Waals surface area contributed by atoms with Gasteiger partial charge in [-0.1, -0.05) is 34.6 Å². The summed E-state index contributed by atoms with van der Waals surface area (Å²) in [6, 6.07) is 0. The van der Waals surface area contributed by atoms with Gasteiger partial charge in [0, 0.05) is 4.75 Å². The number of hydrogen-bond donors (Lipinski definition) is 1. The van der Waals surface area contributed by atoms with Crippen molar-refractivity contribution in [2.24, 2.45) is 5.41 Å². The molecular formula is C11H20O2S. The molecule has 3 heteroatoms. The SMILES string of the molecule is CC1(C)CC(SC(C)(C)C)(C(=O)O)C1. The Morgan fingerprint density at radius 1 is 1.29 bits per heavy atom. The summed E-state index contributed by atoms with van der Waals surface area (Å²) in [5, 5.41) is 9.26. The third kappa shape index (κ3) is 2.44. The van der Waals surface area contributed by atoms with Crippen LogP contribution in [-0.2, 0) is 4.79 Å². The lowest BCUT2D eigenvalue weighted by molar-refractivity contribution is -0.145. The van der Waals surface area contributed by atoms with E-state index >= 15 is 0 Å². The van der Waals surface area contributed by atoms with Crippen LogP contribution in [0.5, 0.6) is 0 Å². The molecule has 1 aliphatic carbocycles. The lowest BCUT2D eigenvalue weighted by Gasteiger charge is -2.51. The molecule has 0 heterocycles. The van der Waals surface area contributed by atoms with Crippen molar-refractivity contribution in [3.63, 3.8) is 0 Å². The Kier molecular flexibility index (Phi) is 2.68. The van der Waals surface area contributed by atoms with Gasteiger partial charge in [-0.2, -0.15) is 0 Å². The molecule has 14 heavy (non-hydrogen) atoms. The molecule has 0 aromatic rings. The van der Waals surface area contributed by atoms with Crippen LogP contribution in [-0.4, -0.2) is 20.6 Å². The third-order valence-corrected chi connectivity index (χ3v) is 3.89. The third-order valence-electron chi connectivity index (χ3n) is 2.42. The number of aliphatic carboxylic acids is 1. The maximum Gasteiger partial charge on any atom is 0.319 e. The van der Waals surface area contributed by atoms with Gasteiger partial charge >= 0.3 is 5.97 Å². The summed E-state index contributed by atoms with van der Waals surface area (Å²) in [4.78, 5) is 11.2. The van der Waals surface area contributed by atoms with E-state index < -0.39 is 10.7 Å². The Morgan fingerprint density at radius 3 is 1.93 bits per heavy atom. The second-order valence-electron chi connectivity index (χ2n) is 6.03. The standard InChI is InChI=1S/C11H20O2S/c1-9(2,3)14-11(8(12)13)6-10(4,5)7-11/h6-7H2,1-5H3,(H,12,13). The summed E-state index contributed by atoms with van der Waals surface area (Å²) in [6.07, 6.45) is 1.58. The molecule has 1 fully saturated rings. The monoisotopic (exact) mass is 216 g/mol. The van der Waals surface area contributed by atoms with E-state index in [2.05, 4.69) is 34.6 Å². The summed E-state index contributed by atoms with van der Waals surface area (Å²) in [7, 11) is 0. The minimum absolute atomic E-state index is 0.0227. The topological polar surface area (TPSA) is 37.3 Å². The second kappa shape index (κ2) is 3.16. The summed E-state index contributed by atoms with van der Waals surface area (Å²) >= 11 is 1.60. The van der Waals surface area contributed by atoms with Crippen molar-refractivity contribution < 1.29 is 9.90 Å². The van der Waals surface area contributed by atoms with Crippen molar-refractivity contribution in [3.05, 3.63) is 0 Å². The zero-order valence-electron chi connectivity index (χ0n) is 9.68. The summed E-state index contributed by atoms with van der Waals surface area (Å²) < 4.78 is -0.503. The van der Waals surface area contributed by atoms with Gasteiger partial charge in [0.05, 0.1) is 0 Å². The highest BCUT2D eigenvalue weighted by Gasteiger charge is 2.56. The number of carboxylic acid groups (broad SMARTS) is 1. The van der Waals surface area contributed by atoms with E-state index in [1.807, 2.05) is 0 Å². The van der Waals surface area contributed by atoms with E-state index in [0.717, 1.165) is 12.8 Å². The Labute approximate surface area is 90.5 Å². The highest BCUT2D eigenvalue weighted by atomic mass is 32.2. The van der Waals surface area contributed by atoms with Crippen molar-refractivity contribution >= 4 is 17.7 Å². The van der Waals surface area contributed by atoms with Crippen molar-refractivity contribution in [2.45, 2.75) is 57.0 Å². The van der Waals surface area contributed by atoms with E-state index in [4.69, 9.17) is 0 Å². The van der Waals surface area contributed by atoms with Gasteiger partial charge in [0.2, 0.25) is 0 Å². The molecule has 0 amide bonds. The second-order valence-corrected chi connectivity index (χ2v) is 8.24. The number of thioether (sulfide) groups is 1. The summed E-state index contributed by atoms with van der Waals surface area (Å²) in [5.74, 6) is -0.642. The predicted octanol–water partition coefficient (Wildman–Crippen LogP) is 3.16. The van der Waals surface area contributed by atoms with E-state index in [9.17, 15) is 9.90 Å². The average Bonchev–Trinajstić information content (AvgIpc) is 1.77. The van der Waals surface area contributed by atoms with Gasteiger partial charge in [0.25, 0.3) is 0 Å². The van der Waals surface area contributed by atoms with Crippen LogP contribution in [0.15, 0.2) is 0 Å². The van der Waals surface area contributed by atoms with E-state index in [0.29, 0.717) is 0 Å². The van der Waals surface area contributed by atoms with Crippen molar-refractivity contribution in [3.8, 4) is 0 Å². The first-order valence-corrected chi connectivity index (χ1v) is 5.82. The molecule has 1 saturated carbocycles. The first-order chi connectivity index (χ1) is 6.06. The van der Waals surface area contributed by atoms with Gasteiger partial charge in [-0.3, -0.25) is 4.79 Å². The Morgan fingerprint density at radius 2 is 1.71 bits per heavy atom. The zero-order valence-corrected chi connectivity index (χ0v) is 10.5. The predicted molar refractivity (Wildman–Crippen MR) is 60.7 cm³/mol. The molecule has 1 aliphatic rings. The van der Waals surface area contributed by atoms with Gasteiger partial charge in [0.15, 0.2) is 0 Å². The van der Waals surface area contributed by atoms with Crippen LogP contribution in [0.1, 0.15) is 47.5 Å². The van der Waals surface area contributed by atoms with Crippen LogP contribution in [0.25, 0.3) is 0 Å². The minimum Gasteiger partial charge on any atom is -0.480 e. The van der Waals surface area contributed by atoms with Crippen molar-refractivity contribution in [2.75, 3.05) is 0 Å². The molecule has 0 saturated heterocycles. The van der Waals surface area contributed by atoms with Crippen LogP contribution >= 0.6 is 11.8 Å². The highest BCUT2D eigenvalue weighted by Crippen LogP contribution is 2.58. The number of hydrogen-bond acceptors (Lipinski definition) is 2. The van der Waals surface area contributed by atoms with Crippen LogP contribution in [0.2, 0.25) is 0 Å². The lowest BCUT2D eigenvalue weighted by Crippen LogP contribution is -2.53. The van der Waals surface area contributed by atoms with Gasteiger partial charge in [-0.05, 0) is 18.3 Å². The maximum atomic E-state index is 11.2. The first kappa shape index (κ1) is 11.9. The number of rotatable bonds is 2. The van der Waals surface area contributed by atoms with Gasteiger partial charge < -0.3 is 5.11 Å². The molecule has 0 atom stereocenters. The molecule has 2 nitrogen and oxygen atoms in total. The van der Waals surface area contributed by atoms with Gasteiger partial charge in [0.1, 0.15) is 4.75 Å². The Bertz CT molecular complexity index is 243. The summed E-state index contributed by atoms with van der Waals surface area (Å²) in [5.41, 5.74) is 0.205. The molecule has 0 aliphatic heterocycles. The first-order valence-electron chi connectivity index (χ1n) is 5.00. The fraction of sp³-hybridized carbons (Fsp3) is 0.909. The molecule has 82 valence electrons. The van der Waals surface area contributed by atoms with Crippen LogP contribution in [0.3, 0.4) is 0 Å². The van der Waals surface area contributed by atoms with Crippen molar-refractivity contribution in [1.82, 2.24) is 0 Å². The minimum atomic E-state index is -0.642. The van der Waals surface area contributed by atoms with E-state index in [1.54, 1.807) is 11.8 Å². The van der Waals surface area contributed by atoms with Crippen LogP contribution < -0.4 is 0 Å². The summed E-state index contributed by atoms with van der Waals surface area (Å²) in [6.45, 7) is 10.5. The average molecular weight is 216 g/mol. The Balaban J connectivity index is 2.74. The lowest BCUT2D eigenvalue weighted by atomic mass is 9.64. The molecule has 0 spiro atoms. The number of carboxylic acids is 1. The van der Waals surface area contributed by atoms with Gasteiger partial charge in [-0.15, -0.1) is 11.8 Å². The fourth-order valence-corrected chi connectivity index (χ4v) is 4.53. The molecule has 0 aromatic heterocycles. The largest absolute Gasteiger partial charge is 0.480 e. The van der Waals surface area contributed by atoms with Crippen LogP contribution in [0, 0.1) is 5.41 Å². The maximum absolute atomic E-state index is 11.2. The number of carbonyl (C=O) groups is 1. The normalized spacial score (nSPS) is 24.1. The smallest absolute Gasteiger partial charge is 0.319 e.